The lowest BCUT2D eigenvalue weighted by atomic mass is 10.3. The fourth-order valence-corrected chi connectivity index (χ4v) is 3.26. The van der Waals surface area contributed by atoms with Crippen LogP contribution in [-0.2, 0) is 0 Å². The largest absolute Gasteiger partial charge is 0.658 e. The summed E-state index contributed by atoms with van der Waals surface area (Å²) in [6.07, 6.45) is 0. The Morgan fingerprint density at radius 2 is 1.19 bits per heavy atom. The standard InChI is InChI=1S/C16H18BO2S2/c1-3-20-15-11-7-5-9-13(15)18-17-19-14-10-6-8-12-16(14)21-4-2/h5-12H,3-4H2,1-2H3. The zero-order valence-corrected chi connectivity index (χ0v) is 13.9. The first kappa shape index (κ1) is 16.2. The van der Waals surface area contributed by atoms with Gasteiger partial charge in [0.05, 0.1) is 0 Å². The second kappa shape index (κ2) is 8.95. The highest BCUT2D eigenvalue weighted by Crippen LogP contribution is 2.30. The quantitative estimate of drug-likeness (QED) is 0.509. The van der Waals surface area contributed by atoms with E-state index in [2.05, 4.69) is 26.0 Å². The van der Waals surface area contributed by atoms with Crippen LogP contribution in [0.1, 0.15) is 13.8 Å². The van der Waals surface area contributed by atoms with E-state index in [-0.39, 0.29) is 0 Å². The fraction of sp³-hybridized carbons (Fsp3) is 0.250. The van der Waals surface area contributed by atoms with E-state index in [4.69, 9.17) is 9.31 Å². The van der Waals surface area contributed by atoms with Crippen LogP contribution in [0.25, 0.3) is 0 Å². The maximum atomic E-state index is 5.65. The van der Waals surface area contributed by atoms with Crippen molar-refractivity contribution >= 4 is 31.2 Å². The highest BCUT2D eigenvalue weighted by atomic mass is 32.2. The molecular formula is C16H18BO2S2. The third-order valence-corrected chi connectivity index (χ3v) is 4.52. The Kier molecular flexibility index (Phi) is 6.90. The number of thioether (sulfide) groups is 2. The van der Waals surface area contributed by atoms with Gasteiger partial charge in [-0.1, -0.05) is 38.1 Å². The number of para-hydroxylation sites is 2. The first-order valence-electron chi connectivity index (χ1n) is 6.93. The molecule has 0 heterocycles. The van der Waals surface area contributed by atoms with Crippen molar-refractivity contribution < 1.29 is 9.31 Å². The van der Waals surface area contributed by atoms with E-state index in [1.807, 2.05) is 36.4 Å². The summed E-state index contributed by atoms with van der Waals surface area (Å²) in [5, 5.41) is 0. The van der Waals surface area contributed by atoms with Crippen LogP contribution in [0.5, 0.6) is 11.5 Å². The van der Waals surface area contributed by atoms with Gasteiger partial charge in [-0.15, -0.1) is 23.5 Å². The smallest absolute Gasteiger partial charge is 0.525 e. The molecule has 21 heavy (non-hydrogen) atoms. The summed E-state index contributed by atoms with van der Waals surface area (Å²) in [6, 6.07) is 16.0. The molecule has 0 saturated carbocycles. The van der Waals surface area contributed by atoms with E-state index in [9.17, 15) is 0 Å². The number of hydrogen-bond acceptors (Lipinski definition) is 4. The minimum absolute atomic E-state index is 0.824. The Balaban J connectivity index is 1.95. The molecule has 1 radical (unpaired) electrons. The molecule has 5 heteroatoms. The summed E-state index contributed by atoms with van der Waals surface area (Å²) in [5.41, 5.74) is 0. The summed E-state index contributed by atoms with van der Waals surface area (Å²) in [5.74, 6) is 3.67. The van der Waals surface area contributed by atoms with Crippen molar-refractivity contribution in [2.75, 3.05) is 11.5 Å². The van der Waals surface area contributed by atoms with Gasteiger partial charge < -0.3 is 9.31 Å². The van der Waals surface area contributed by atoms with Crippen molar-refractivity contribution in [1.82, 2.24) is 0 Å². The fourth-order valence-electron chi connectivity index (χ4n) is 1.77. The molecule has 0 fully saturated rings. The van der Waals surface area contributed by atoms with Crippen LogP contribution >= 0.6 is 23.5 Å². The van der Waals surface area contributed by atoms with Crippen molar-refractivity contribution in [2.24, 2.45) is 0 Å². The zero-order chi connectivity index (χ0) is 14.9. The maximum absolute atomic E-state index is 5.65. The highest BCUT2D eigenvalue weighted by molar-refractivity contribution is 7.99. The van der Waals surface area contributed by atoms with Crippen molar-refractivity contribution in [1.29, 1.82) is 0 Å². The van der Waals surface area contributed by atoms with Gasteiger partial charge in [0.25, 0.3) is 0 Å². The molecule has 0 saturated heterocycles. The van der Waals surface area contributed by atoms with Crippen molar-refractivity contribution in [2.45, 2.75) is 23.6 Å². The molecule has 0 atom stereocenters. The summed E-state index contributed by atoms with van der Waals surface area (Å²) in [7, 11) is 1.41. The van der Waals surface area contributed by atoms with Gasteiger partial charge in [-0.25, -0.2) is 0 Å². The molecule has 0 aromatic heterocycles. The summed E-state index contributed by atoms with van der Waals surface area (Å²) in [6.45, 7) is 4.25. The molecule has 0 aliphatic rings. The van der Waals surface area contributed by atoms with Gasteiger partial charge in [0, 0.05) is 9.79 Å². The van der Waals surface area contributed by atoms with Gasteiger partial charge in [-0.3, -0.25) is 0 Å². The van der Waals surface area contributed by atoms with Crippen LogP contribution in [0, 0.1) is 0 Å². The molecular weight excluding hydrogens is 299 g/mol. The molecule has 0 amide bonds. The van der Waals surface area contributed by atoms with Crippen molar-refractivity contribution in [3.05, 3.63) is 48.5 Å². The predicted molar refractivity (Wildman–Crippen MR) is 92.7 cm³/mol. The Hall–Kier alpha value is -1.20. The number of rotatable bonds is 8. The van der Waals surface area contributed by atoms with Gasteiger partial charge in [0.1, 0.15) is 11.5 Å². The van der Waals surface area contributed by atoms with Crippen molar-refractivity contribution in [3.63, 3.8) is 0 Å². The van der Waals surface area contributed by atoms with E-state index in [0.29, 0.717) is 0 Å². The second-order valence-electron chi connectivity index (χ2n) is 4.09. The predicted octanol–water partition coefficient (Wildman–Crippen LogP) is 4.90. The lowest BCUT2D eigenvalue weighted by Gasteiger charge is -2.12. The van der Waals surface area contributed by atoms with Crippen LogP contribution in [0.4, 0.5) is 0 Å². The Bertz CT molecular complexity index is 514. The molecule has 0 bridgehead atoms. The number of benzene rings is 2. The maximum Gasteiger partial charge on any atom is 0.658 e. The summed E-state index contributed by atoms with van der Waals surface area (Å²) >= 11 is 3.51. The van der Waals surface area contributed by atoms with Crippen LogP contribution in [0.2, 0.25) is 0 Å². The van der Waals surface area contributed by atoms with Crippen LogP contribution in [-0.4, -0.2) is 19.2 Å². The lowest BCUT2D eigenvalue weighted by Crippen LogP contribution is -2.11. The molecule has 0 aliphatic heterocycles. The van der Waals surface area contributed by atoms with Gasteiger partial charge >= 0.3 is 7.69 Å². The average molecular weight is 317 g/mol. The molecule has 0 spiro atoms. The molecule has 2 nitrogen and oxygen atoms in total. The third kappa shape index (κ3) is 4.93. The van der Waals surface area contributed by atoms with E-state index in [1.165, 1.54) is 7.69 Å². The van der Waals surface area contributed by atoms with Crippen LogP contribution < -0.4 is 9.31 Å². The third-order valence-electron chi connectivity index (χ3n) is 2.65. The first-order valence-corrected chi connectivity index (χ1v) is 8.91. The first-order chi connectivity index (χ1) is 10.3. The Morgan fingerprint density at radius 3 is 1.62 bits per heavy atom. The highest BCUT2D eigenvalue weighted by Gasteiger charge is 2.08. The zero-order valence-electron chi connectivity index (χ0n) is 12.2. The SMILES string of the molecule is CCSc1ccccc1O[B]Oc1ccccc1SCC. The monoisotopic (exact) mass is 317 g/mol. The summed E-state index contributed by atoms with van der Waals surface area (Å²) < 4.78 is 11.3. The minimum Gasteiger partial charge on any atom is -0.525 e. The van der Waals surface area contributed by atoms with E-state index >= 15 is 0 Å². The van der Waals surface area contributed by atoms with Gasteiger partial charge in [-0.2, -0.15) is 0 Å². The van der Waals surface area contributed by atoms with E-state index in [0.717, 1.165) is 32.8 Å². The van der Waals surface area contributed by atoms with Gasteiger partial charge in [-0.05, 0) is 35.8 Å². The van der Waals surface area contributed by atoms with Crippen LogP contribution in [0.15, 0.2) is 58.3 Å². The van der Waals surface area contributed by atoms with Crippen LogP contribution in [0.3, 0.4) is 0 Å². The van der Waals surface area contributed by atoms with Gasteiger partial charge in [0.2, 0.25) is 0 Å². The normalized spacial score (nSPS) is 10.2. The van der Waals surface area contributed by atoms with Gasteiger partial charge in [0.15, 0.2) is 0 Å². The molecule has 109 valence electrons. The van der Waals surface area contributed by atoms with Crippen molar-refractivity contribution in [3.8, 4) is 11.5 Å². The van der Waals surface area contributed by atoms with E-state index < -0.39 is 0 Å². The molecule has 0 N–H and O–H groups in total. The van der Waals surface area contributed by atoms with E-state index in [1.54, 1.807) is 23.5 Å². The Labute approximate surface area is 135 Å². The molecule has 2 aromatic carbocycles. The minimum atomic E-state index is 0.824. The second-order valence-corrected chi connectivity index (χ2v) is 6.70. The molecule has 2 aromatic rings. The molecule has 0 unspecified atom stereocenters. The lowest BCUT2D eigenvalue weighted by molar-refractivity contribution is 0.447. The summed E-state index contributed by atoms with van der Waals surface area (Å²) in [4.78, 5) is 2.24. The molecule has 0 aliphatic carbocycles. The average Bonchev–Trinajstić information content (AvgIpc) is 2.51. The topological polar surface area (TPSA) is 18.5 Å². The Morgan fingerprint density at radius 1 is 0.762 bits per heavy atom. The molecule has 2 rings (SSSR count). The number of hydrogen-bond donors (Lipinski definition) is 0.